The van der Waals surface area contributed by atoms with Gasteiger partial charge in [-0.2, -0.15) is 0 Å². The first-order valence-corrected chi connectivity index (χ1v) is 10.4. The van der Waals surface area contributed by atoms with Gasteiger partial charge in [0.2, 0.25) is 5.91 Å². The van der Waals surface area contributed by atoms with Gasteiger partial charge in [0.05, 0.1) is 12.1 Å². The Balaban J connectivity index is 1.45. The minimum absolute atomic E-state index is 0.134. The molecule has 0 spiro atoms. The summed E-state index contributed by atoms with van der Waals surface area (Å²) in [7, 11) is 0. The lowest BCUT2D eigenvalue weighted by Gasteiger charge is -2.14. The Labute approximate surface area is 182 Å². The summed E-state index contributed by atoms with van der Waals surface area (Å²) in [5.74, 6) is 1.77. The third-order valence-corrected chi connectivity index (χ3v) is 5.31. The maximum absolute atomic E-state index is 13.0. The van der Waals surface area contributed by atoms with E-state index in [1.165, 1.54) is 0 Å². The molecule has 0 fully saturated rings. The fourth-order valence-corrected chi connectivity index (χ4v) is 3.67. The van der Waals surface area contributed by atoms with Crippen molar-refractivity contribution < 1.29 is 9.59 Å². The molecular weight excluding hydrogens is 385 g/mol. The van der Waals surface area contributed by atoms with Crippen LogP contribution in [0.15, 0.2) is 90.6 Å². The van der Waals surface area contributed by atoms with Crippen molar-refractivity contribution in [2.75, 3.05) is 11.1 Å². The van der Waals surface area contributed by atoms with Crippen LogP contribution in [0.1, 0.15) is 28.8 Å². The number of rotatable bonds is 6. The number of allylic oxidation sites excluding steroid dienone is 6. The molecule has 1 amide bonds. The molecule has 2 aromatic rings. The van der Waals surface area contributed by atoms with E-state index in [2.05, 4.69) is 16.5 Å². The summed E-state index contributed by atoms with van der Waals surface area (Å²) in [5, 5.41) is 6.16. The molecular formula is C25H24BN3O2. The highest BCUT2D eigenvalue weighted by Crippen LogP contribution is 2.24. The van der Waals surface area contributed by atoms with E-state index >= 15 is 0 Å². The van der Waals surface area contributed by atoms with Crippen molar-refractivity contribution in [3.8, 4) is 0 Å². The van der Waals surface area contributed by atoms with Crippen molar-refractivity contribution in [1.82, 2.24) is 5.23 Å². The van der Waals surface area contributed by atoms with E-state index in [4.69, 9.17) is 5.73 Å². The Hall–Kier alpha value is -3.80. The lowest BCUT2D eigenvalue weighted by atomic mass is 9.55. The second-order valence-electron chi connectivity index (χ2n) is 7.63. The van der Waals surface area contributed by atoms with Crippen LogP contribution in [0, 0.1) is 0 Å². The molecule has 31 heavy (non-hydrogen) atoms. The normalized spacial score (nSPS) is 14.7. The number of amides is 1. The van der Waals surface area contributed by atoms with E-state index in [-0.39, 0.29) is 25.0 Å². The van der Waals surface area contributed by atoms with Crippen LogP contribution in [0.2, 0.25) is 0 Å². The van der Waals surface area contributed by atoms with Gasteiger partial charge in [0.1, 0.15) is 0 Å². The fourth-order valence-electron chi connectivity index (χ4n) is 3.67. The van der Waals surface area contributed by atoms with Gasteiger partial charge in [0, 0.05) is 16.8 Å². The standard InChI is InChI=1S/C25H24BN3O2/c27-21-12-13-23(22(17-21)25(31)19-6-2-1-3-7-19)29-24(30)16-18-8-10-20(11-9-18)26-14-4-5-15-28-26/h2,4-15,17,28H,1,3,16,27H2,(H,29,30). The summed E-state index contributed by atoms with van der Waals surface area (Å²) in [6.45, 7) is 0.138. The van der Waals surface area contributed by atoms with Crippen molar-refractivity contribution in [2.45, 2.75) is 19.3 Å². The van der Waals surface area contributed by atoms with Crippen LogP contribution < -0.4 is 21.7 Å². The monoisotopic (exact) mass is 409 g/mol. The molecule has 2 aliphatic rings. The second kappa shape index (κ2) is 9.35. The highest BCUT2D eigenvalue weighted by Gasteiger charge is 2.18. The van der Waals surface area contributed by atoms with Crippen LogP contribution in [-0.2, 0) is 11.2 Å². The van der Waals surface area contributed by atoms with Crippen LogP contribution in [0.3, 0.4) is 0 Å². The average molecular weight is 409 g/mol. The van der Waals surface area contributed by atoms with Crippen LogP contribution >= 0.6 is 0 Å². The molecule has 1 aliphatic carbocycles. The predicted octanol–water partition coefficient (Wildman–Crippen LogP) is 3.32. The number of Topliss-reactive ketones (excluding diaryl/α,β-unsaturated/α-hetero) is 1. The number of carbonyl (C=O) groups is 2. The topological polar surface area (TPSA) is 84.2 Å². The molecule has 6 heteroatoms. The summed E-state index contributed by atoms with van der Waals surface area (Å²) in [4.78, 5) is 25.6. The molecule has 0 aromatic heterocycles. The third kappa shape index (κ3) is 5.04. The Kier molecular flexibility index (Phi) is 6.17. The second-order valence-corrected chi connectivity index (χ2v) is 7.63. The number of nitrogen functional groups attached to an aromatic ring is 1. The summed E-state index contributed by atoms with van der Waals surface area (Å²) in [6.07, 6.45) is 13.6. The van der Waals surface area contributed by atoms with Crippen molar-refractivity contribution in [2.24, 2.45) is 0 Å². The smallest absolute Gasteiger partial charge is 0.312 e. The van der Waals surface area contributed by atoms with Gasteiger partial charge in [-0.1, -0.05) is 60.0 Å². The lowest BCUT2D eigenvalue weighted by molar-refractivity contribution is -0.115. The van der Waals surface area contributed by atoms with E-state index < -0.39 is 0 Å². The van der Waals surface area contributed by atoms with Crippen LogP contribution in [0.4, 0.5) is 11.4 Å². The number of hydrogen-bond donors (Lipinski definition) is 3. The number of benzene rings is 2. The molecule has 154 valence electrons. The lowest BCUT2D eigenvalue weighted by Crippen LogP contribution is -2.41. The number of nitrogens with two attached hydrogens (primary N) is 1. The molecule has 4 N–H and O–H groups in total. The molecule has 1 aliphatic heterocycles. The quantitative estimate of drug-likeness (QED) is 0.388. The van der Waals surface area contributed by atoms with Crippen molar-refractivity contribution >= 4 is 35.4 Å². The summed E-state index contributed by atoms with van der Waals surface area (Å²) < 4.78 is 0. The molecule has 0 atom stereocenters. The first-order chi connectivity index (χ1) is 15.1. The molecule has 5 nitrogen and oxygen atoms in total. The van der Waals surface area contributed by atoms with Gasteiger partial charge < -0.3 is 16.3 Å². The molecule has 0 unspecified atom stereocenters. The molecule has 4 rings (SSSR count). The first kappa shape index (κ1) is 20.5. The summed E-state index contributed by atoms with van der Waals surface area (Å²) in [6, 6.07) is 12.9. The van der Waals surface area contributed by atoms with Crippen molar-refractivity contribution in [3.05, 3.63) is 102 Å². The fraction of sp³-hybridized carbons (Fsp3) is 0.120. The van der Waals surface area contributed by atoms with Gasteiger partial charge in [-0.25, -0.2) is 0 Å². The van der Waals surface area contributed by atoms with E-state index in [0.29, 0.717) is 22.5 Å². The Morgan fingerprint density at radius 1 is 1.06 bits per heavy atom. The highest BCUT2D eigenvalue weighted by molar-refractivity contribution is 6.76. The molecule has 2 aromatic carbocycles. The number of ketones is 1. The molecule has 0 bridgehead atoms. The number of hydrogen-bond acceptors (Lipinski definition) is 4. The molecule has 0 saturated carbocycles. The predicted molar refractivity (Wildman–Crippen MR) is 127 cm³/mol. The van der Waals surface area contributed by atoms with E-state index in [1.54, 1.807) is 18.2 Å². The third-order valence-electron chi connectivity index (χ3n) is 5.31. The summed E-state index contributed by atoms with van der Waals surface area (Å²) in [5.41, 5.74) is 9.93. The Morgan fingerprint density at radius 3 is 2.61 bits per heavy atom. The van der Waals surface area contributed by atoms with Gasteiger partial charge in [-0.3, -0.25) is 9.59 Å². The van der Waals surface area contributed by atoms with Gasteiger partial charge in [-0.15, -0.1) is 0 Å². The minimum atomic E-state index is -0.182. The van der Waals surface area contributed by atoms with E-state index in [9.17, 15) is 9.59 Å². The molecule has 1 heterocycles. The van der Waals surface area contributed by atoms with Crippen LogP contribution in [0.25, 0.3) is 0 Å². The van der Waals surface area contributed by atoms with E-state index in [1.807, 2.05) is 60.8 Å². The zero-order valence-electron chi connectivity index (χ0n) is 17.2. The Morgan fingerprint density at radius 2 is 1.90 bits per heavy atom. The SMILES string of the molecule is Nc1ccc(NC(=O)Cc2ccc(B3C=CC=CN3)cc2)c(C(=O)C2=CCCC=C2)c1. The molecule has 0 radical (unpaired) electrons. The highest BCUT2D eigenvalue weighted by atomic mass is 16.1. The number of nitrogens with one attached hydrogen (secondary N) is 2. The number of carbonyl (C=O) groups excluding carboxylic acids is 2. The average Bonchev–Trinajstić information content (AvgIpc) is 2.81. The Bertz CT molecular complexity index is 1110. The van der Waals surface area contributed by atoms with Gasteiger partial charge in [0.15, 0.2) is 5.78 Å². The minimum Gasteiger partial charge on any atom is -0.427 e. The van der Waals surface area contributed by atoms with Gasteiger partial charge in [-0.05, 0) is 48.9 Å². The first-order valence-electron chi connectivity index (χ1n) is 10.4. The van der Waals surface area contributed by atoms with Gasteiger partial charge in [0.25, 0.3) is 0 Å². The van der Waals surface area contributed by atoms with Gasteiger partial charge >= 0.3 is 6.85 Å². The van der Waals surface area contributed by atoms with Crippen LogP contribution in [-0.4, -0.2) is 18.5 Å². The van der Waals surface area contributed by atoms with Crippen molar-refractivity contribution in [3.63, 3.8) is 0 Å². The maximum atomic E-state index is 13.0. The summed E-state index contributed by atoms with van der Waals surface area (Å²) >= 11 is 0. The van der Waals surface area contributed by atoms with Crippen LogP contribution in [0.5, 0.6) is 0 Å². The number of anilines is 2. The van der Waals surface area contributed by atoms with Crippen molar-refractivity contribution in [1.29, 1.82) is 0 Å². The largest absolute Gasteiger partial charge is 0.427 e. The maximum Gasteiger partial charge on any atom is 0.312 e. The zero-order valence-corrected chi connectivity index (χ0v) is 17.2. The van der Waals surface area contributed by atoms with E-state index in [0.717, 1.165) is 23.9 Å². The molecule has 0 saturated heterocycles. The zero-order chi connectivity index (χ0) is 21.6.